The number of benzene rings is 3. The summed E-state index contributed by atoms with van der Waals surface area (Å²) in [4.78, 5) is 2.21. The van der Waals surface area contributed by atoms with E-state index in [0.717, 1.165) is 5.56 Å². The number of anilines is 1. The van der Waals surface area contributed by atoms with Crippen molar-refractivity contribution < 1.29 is 0 Å². The number of fused-ring (bicyclic) bond motifs is 1. The van der Waals surface area contributed by atoms with Crippen molar-refractivity contribution in [2.45, 2.75) is 19.4 Å². The minimum Gasteiger partial charge on any atom is -0.359 e. The van der Waals surface area contributed by atoms with Gasteiger partial charge in [-0.15, -0.1) is 0 Å². The van der Waals surface area contributed by atoms with Crippen LogP contribution in [0.15, 0.2) is 72.8 Å². The summed E-state index contributed by atoms with van der Waals surface area (Å²) < 4.78 is 0. The van der Waals surface area contributed by atoms with Crippen LogP contribution < -0.4 is 4.90 Å². The van der Waals surface area contributed by atoms with Gasteiger partial charge in [0.05, 0.1) is 5.54 Å². The van der Waals surface area contributed by atoms with E-state index in [0.29, 0.717) is 0 Å². The molecule has 0 aliphatic heterocycles. The van der Waals surface area contributed by atoms with E-state index in [1.807, 2.05) is 6.07 Å². The molecule has 3 rings (SSSR count). The highest BCUT2D eigenvalue weighted by Crippen LogP contribution is 2.21. The van der Waals surface area contributed by atoms with Gasteiger partial charge < -0.3 is 4.90 Å². The van der Waals surface area contributed by atoms with Gasteiger partial charge in [-0.05, 0) is 48.9 Å². The first kappa shape index (κ1) is 15.2. The Bertz CT molecular complexity index is 866. The molecule has 0 amide bonds. The first-order chi connectivity index (χ1) is 11.1. The highest BCUT2D eigenvalue weighted by molar-refractivity contribution is 5.83. The first-order valence-corrected chi connectivity index (χ1v) is 7.87. The average Bonchev–Trinajstić information content (AvgIpc) is 2.60. The molecule has 1 nitrogen and oxygen atoms in total. The number of nitrogens with zero attached hydrogens (tertiary/aromatic N) is 1. The molecule has 0 heterocycles. The Morgan fingerprint density at radius 3 is 2.17 bits per heavy atom. The monoisotopic (exact) mass is 299 g/mol. The maximum atomic E-state index is 3.41. The van der Waals surface area contributed by atoms with E-state index >= 15 is 0 Å². The predicted octanol–water partition coefficient (Wildman–Crippen LogP) is 5.11. The van der Waals surface area contributed by atoms with Gasteiger partial charge in [0.2, 0.25) is 0 Å². The summed E-state index contributed by atoms with van der Waals surface area (Å²) >= 11 is 0. The van der Waals surface area contributed by atoms with Gasteiger partial charge in [0.25, 0.3) is 0 Å². The molecule has 3 aromatic carbocycles. The Morgan fingerprint density at radius 2 is 1.43 bits per heavy atom. The summed E-state index contributed by atoms with van der Waals surface area (Å²) in [6.07, 6.45) is 0. The van der Waals surface area contributed by atoms with Crippen LogP contribution >= 0.6 is 0 Å². The second-order valence-corrected chi connectivity index (χ2v) is 6.27. The van der Waals surface area contributed by atoms with Crippen LogP contribution in [0.2, 0.25) is 0 Å². The molecule has 0 atom stereocenters. The molecular weight excluding hydrogens is 278 g/mol. The Labute approximate surface area is 138 Å². The molecule has 0 N–H and O–H groups in total. The number of hydrogen-bond acceptors (Lipinski definition) is 1. The predicted molar refractivity (Wildman–Crippen MR) is 99.8 cm³/mol. The molecular formula is C22H21N. The molecule has 0 aliphatic rings. The van der Waals surface area contributed by atoms with Crippen LogP contribution in [0.1, 0.15) is 19.4 Å². The van der Waals surface area contributed by atoms with Crippen LogP contribution in [0, 0.1) is 11.8 Å². The molecule has 0 saturated carbocycles. The average molecular weight is 299 g/mol. The zero-order valence-corrected chi connectivity index (χ0v) is 13.9. The van der Waals surface area contributed by atoms with E-state index < -0.39 is 0 Å². The molecule has 0 unspecified atom stereocenters. The minimum atomic E-state index is -0.243. The molecule has 23 heavy (non-hydrogen) atoms. The Morgan fingerprint density at radius 1 is 0.783 bits per heavy atom. The maximum Gasteiger partial charge on any atom is 0.0956 e. The van der Waals surface area contributed by atoms with E-state index in [4.69, 9.17) is 0 Å². The lowest BCUT2D eigenvalue weighted by molar-refractivity contribution is 0.625. The van der Waals surface area contributed by atoms with Crippen LogP contribution in [0.5, 0.6) is 0 Å². The van der Waals surface area contributed by atoms with Gasteiger partial charge in [-0.1, -0.05) is 60.4 Å². The van der Waals surface area contributed by atoms with Gasteiger partial charge in [-0.2, -0.15) is 0 Å². The SMILES string of the molecule is CN(c1ccccc1)C(C)(C)C#Cc1ccc2ccccc2c1. The summed E-state index contributed by atoms with van der Waals surface area (Å²) in [6, 6.07) is 25.1. The number of hydrogen-bond donors (Lipinski definition) is 0. The molecule has 0 fully saturated rings. The third-order valence-electron chi connectivity index (χ3n) is 4.24. The third-order valence-corrected chi connectivity index (χ3v) is 4.24. The fraction of sp³-hybridized carbons (Fsp3) is 0.182. The zero-order valence-electron chi connectivity index (χ0n) is 13.9. The van der Waals surface area contributed by atoms with Crippen LogP contribution in [-0.4, -0.2) is 12.6 Å². The van der Waals surface area contributed by atoms with E-state index in [1.54, 1.807) is 0 Å². The third kappa shape index (κ3) is 3.38. The van der Waals surface area contributed by atoms with E-state index in [-0.39, 0.29) is 5.54 Å². The van der Waals surface area contributed by atoms with Crippen LogP contribution in [-0.2, 0) is 0 Å². The van der Waals surface area contributed by atoms with Crippen LogP contribution in [0.4, 0.5) is 5.69 Å². The lowest BCUT2D eigenvalue weighted by Gasteiger charge is -2.33. The standard InChI is InChI=1S/C22H21N/c1-22(2,23(3)21-11-5-4-6-12-21)16-15-18-13-14-19-9-7-8-10-20(19)17-18/h4-14,17H,1-3H3. The van der Waals surface area contributed by atoms with Crippen molar-refractivity contribution in [2.24, 2.45) is 0 Å². The molecule has 0 radical (unpaired) electrons. The molecule has 0 saturated heterocycles. The summed E-state index contributed by atoms with van der Waals surface area (Å²) in [5.74, 6) is 6.75. The van der Waals surface area contributed by atoms with E-state index in [9.17, 15) is 0 Å². The van der Waals surface area contributed by atoms with E-state index in [1.165, 1.54) is 16.5 Å². The van der Waals surface area contributed by atoms with Gasteiger partial charge in [-0.25, -0.2) is 0 Å². The Kier molecular flexibility index (Phi) is 4.08. The lowest BCUT2D eigenvalue weighted by Crippen LogP contribution is -2.39. The summed E-state index contributed by atoms with van der Waals surface area (Å²) in [5.41, 5.74) is 1.98. The van der Waals surface area contributed by atoms with Gasteiger partial charge >= 0.3 is 0 Å². The van der Waals surface area contributed by atoms with E-state index in [2.05, 4.69) is 104 Å². The van der Waals surface area contributed by atoms with Crippen molar-refractivity contribution >= 4 is 16.5 Å². The quantitative estimate of drug-likeness (QED) is 0.595. The molecule has 0 spiro atoms. The number of para-hydroxylation sites is 1. The van der Waals surface area contributed by atoms with Crippen LogP contribution in [0.25, 0.3) is 10.8 Å². The van der Waals surface area contributed by atoms with Crippen molar-refractivity contribution in [2.75, 3.05) is 11.9 Å². The largest absolute Gasteiger partial charge is 0.359 e. The summed E-state index contributed by atoms with van der Waals surface area (Å²) in [6.45, 7) is 4.29. The van der Waals surface area contributed by atoms with Crippen molar-refractivity contribution in [1.29, 1.82) is 0 Å². The highest BCUT2D eigenvalue weighted by atomic mass is 15.2. The number of rotatable bonds is 2. The zero-order chi connectivity index (χ0) is 16.3. The second kappa shape index (κ2) is 6.18. The van der Waals surface area contributed by atoms with Crippen molar-refractivity contribution in [3.8, 4) is 11.8 Å². The smallest absolute Gasteiger partial charge is 0.0956 e. The highest BCUT2D eigenvalue weighted by Gasteiger charge is 2.20. The first-order valence-electron chi connectivity index (χ1n) is 7.87. The Hall–Kier alpha value is -2.72. The Balaban J connectivity index is 1.89. The van der Waals surface area contributed by atoms with Crippen molar-refractivity contribution in [3.63, 3.8) is 0 Å². The normalized spacial score (nSPS) is 10.9. The second-order valence-electron chi connectivity index (χ2n) is 6.27. The molecule has 0 aliphatic carbocycles. The fourth-order valence-electron chi connectivity index (χ4n) is 2.55. The topological polar surface area (TPSA) is 3.24 Å². The fourth-order valence-corrected chi connectivity index (χ4v) is 2.55. The lowest BCUT2D eigenvalue weighted by atomic mass is 10.0. The van der Waals surface area contributed by atoms with Gasteiger partial charge in [0.15, 0.2) is 0 Å². The van der Waals surface area contributed by atoms with Crippen molar-refractivity contribution in [3.05, 3.63) is 78.4 Å². The van der Waals surface area contributed by atoms with Crippen molar-refractivity contribution in [1.82, 2.24) is 0 Å². The maximum absolute atomic E-state index is 3.41. The molecule has 0 aromatic heterocycles. The van der Waals surface area contributed by atoms with Gasteiger partial charge in [0.1, 0.15) is 0 Å². The molecule has 3 aromatic rings. The summed E-state index contributed by atoms with van der Waals surface area (Å²) in [7, 11) is 2.09. The molecule has 114 valence electrons. The van der Waals surface area contributed by atoms with Gasteiger partial charge in [0, 0.05) is 18.3 Å². The molecule has 1 heteroatoms. The summed E-state index contributed by atoms with van der Waals surface area (Å²) in [5, 5.41) is 2.48. The minimum absolute atomic E-state index is 0.243. The van der Waals surface area contributed by atoms with Gasteiger partial charge in [-0.3, -0.25) is 0 Å². The molecule has 0 bridgehead atoms. The van der Waals surface area contributed by atoms with Crippen LogP contribution in [0.3, 0.4) is 0 Å².